The number of hydrogen-bond acceptors (Lipinski definition) is 3. The summed E-state index contributed by atoms with van der Waals surface area (Å²) in [7, 11) is 0. The number of aliphatic hydroxyl groups excluding tert-OH is 1. The number of aryl methyl sites for hydroxylation is 1. The zero-order chi connectivity index (χ0) is 13.9. The number of aliphatic hydroxyl groups is 1. The molecule has 104 valence electrons. The lowest BCUT2D eigenvalue weighted by Crippen LogP contribution is -2.13. The maximum absolute atomic E-state index is 9.60. The highest BCUT2D eigenvalue weighted by atomic mass is 32.1. The Bertz CT molecular complexity index is 655. The minimum absolute atomic E-state index is 0.194. The normalized spacial score (nSPS) is 12.9. The maximum Gasteiger partial charge on any atom is 0.193 e. The average Bonchev–Trinajstić information content (AvgIpc) is 3.01. The third-order valence-corrected chi connectivity index (χ3v) is 4.31. The van der Waals surface area contributed by atoms with Crippen LogP contribution in [-0.4, -0.2) is 21.1 Å². The zero-order valence-corrected chi connectivity index (χ0v) is 12.3. The molecule has 0 saturated carbocycles. The van der Waals surface area contributed by atoms with Gasteiger partial charge in [0.2, 0.25) is 0 Å². The van der Waals surface area contributed by atoms with Crippen LogP contribution in [-0.2, 0) is 12.8 Å². The molecule has 1 unspecified atom stereocenters. The number of fused-ring (bicyclic) bond motifs is 1. The minimum Gasteiger partial charge on any atom is -0.396 e. The van der Waals surface area contributed by atoms with E-state index in [4.69, 9.17) is 0 Å². The molecule has 3 nitrogen and oxygen atoms in total. The molecule has 0 bridgehead atoms. The molecular weight excluding hydrogens is 268 g/mol. The average molecular weight is 286 g/mol. The number of nitrogens with zero attached hydrogens (tertiary/aromatic N) is 2. The Balaban J connectivity index is 1.70. The van der Waals surface area contributed by atoms with Gasteiger partial charge in [-0.05, 0) is 31.2 Å². The first-order valence-electron chi connectivity index (χ1n) is 6.82. The molecule has 1 atom stereocenters. The van der Waals surface area contributed by atoms with Gasteiger partial charge in [0.25, 0.3) is 0 Å². The highest BCUT2D eigenvalue weighted by Gasteiger charge is 2.12. The molecule has 0 aliphatic rings. The minimum atomic E-state index is 0.194. The van der Waals surface area contributed by atoms with E-state index in [1.807, 2.05) is 16.0 Å². The van der Waals surface area contributed by atoms with Crippen molar-refractivity contribution in [2.75, 3.05) is 6.61 Å². The molecular formula is C16H18N2OS. The lowest BCUT2D eigenvalue weighted by molar-refractivity contribution is 0.224. The number of imidazole rings is 1. The van der Waals surface area contributed by atoms with Gasteiger partial charge in [0, 0.05) is 24.4 Å². The smallest absolute Gasteiger partial charge is 0.193 e. The van der Waals surface area contributed by atoms with Crippen molar-refractivity contribution in [3.05, 3.63) is 58.9 Å². The summed E-state index contributed by atoms with van der Waals surface area (Å²) in [6, 6.07) is 8.53. The Morgan fingerprint density at radius 1 is 1.25 bits per heavy atom. The lowest BCUT2D eigenvalue weighted by atomic mass is 9.95. The second kappa shape index (κ2) is 5.77. The molecule has 0 saturated heterocycles. The second-order valence-corrected chi connectivity index (χ2v) is 6.14. The highest BCUT2D eigenvalue weighted by molar-refractivity contribution is 7.15. The van der Waals surface area contributed by atoms with Gasteiger partial charge in [0.15, 0.2) is 4.96 Å². The van der Waals surface area contributed by atoms with E-state index in [1.54, 1.807) is 11.3 Å². The predicted octanol–water partition coefficient (Wildman–Crippen LogP) is 3.10. The van der Waals surface area contributed by atoms with Crippen molar-refractivity contribution in [3.63, 3.8) is 0 Å². The molecule has 0 amide bonds. The van der Waals surface area contributed by atoms with Crippen molar-refractivity contribution in [1.82, 2.24) is 9.38 Å². The topological polar surface area (TPSA) is 37.5 Å². The monoisotopic (exact) mass is 286 g/mol. The van der Waals surface area contributed by atoms with Crippen LogP contribution in [0.3, 0.4) is 0 Å². The van der Waals surface area contributed by atoms with Crippen LogP contribution in [0.5, 0.6) is 0 Å². The molecule has 1 N–H and O–H groups in total. The Labute approximate surface area is 122 Å². The van der Waals surface area contributed by atoms with Gasteiger partial charge in [-0.25, -0.2) is 4.98 Å². The van der Waals surface area contributed by atoms with E-state index < -0.39 is 0 Å². The number of rotatable bonds is 5. The van der Waals surface area contributed by atoms with Gasteiger partial charge in [-0.15, -0.1) is 11.3 Å². The summed E-state index contributed by atoms with van der Waals surface area (Å²) in [6.07, 6.45) is 5.79. The molecule has 0 aliphatic carbocycles. The van der Waals surface area contributed by atoms with Crippen LogP contribution in [0, 0.1) is 12.8 Å². The SMILES string of the molecule is Cc1ccc(CC(CO)Cc2cn3ccsc3n2)cc1. The number of aromatic nitrogens is 2. The fraction of sp³-hybridized carbons (Fsp3) is 0.312. The zero-order valence-electron chi connectivity index (χ0n) is 11.5. The van der Waals surface area contributed by atoms with Crippen molar-refractivity contribution in [3.8, 4) is 0 Å². The van der Waals surface area contributed by atoms with Crippen molar-refractivity contribution < 1.29 is 5.11 Å². The van der Waals surface area contributed by atoms with Crippen LogP contribution in [0.1, 0.15) is 16.8 Å². The fourth-order valence-corrected chi connectivity index (χ4v) is 3.15. The van der Waals surface area contributed by atoms with Gasteiger partial charge >= 0.3 is 0 Å². The molecule has 3 rings (SSSR count). The summed E-state index contributed by atoms with van der Waals surface area (Å²) in [5.74, 6) is 0.224. The number of thiazole rings is 1. The van der Waals surface area contributed by atoms with Gasteiger partial charge in [-0.2, -0.15) is 0 Å². The number of hydrogen-bond donors (Lipinski definition) is 1. The first-order chi connectivity index (χ1) is 9.74. The standard InChI is InChI=1S/C16H18N2OS/c1-12-2-4-13(5-3-12)8-14(11-19)9-15-10-18-6-7-20-16(18)17-15/h2-7,10,14,19H,8-9,11H2,1H3. The van der Waals surface area contributed by atoms with Gasteiger partial charge in [0.1, 0.15) is 0 Å². The Hall–Kier alpha value is -1.65. The van der Waals surface area contributed by atoms with Gasteiger partial charge < -0.3 is 5.11 Å². The quantitative estimate of drug-likeness (QED) is 0.782. The predicted molar refractivity (Wildman–Crippen MR) is 82.2 cm³/mol. The third kappa shape index (κ3) is 2.92. The van der Waals surface area contributed by atoms with Crippen molar-refractivity contribution in [2.24, 2.45) is 5.92 Å². The molecule has 20 heavy (non-hydrogen) atoms. The van der Waals surface area contributed by atoms with E-state index in [9.17, 15) is 5.11 Å². The van der Waals surface area contributed by atoms with Crippen LogP contribution in [0.4, 0.5) is 0 Å². The van der Waals surface area contributed by atoms with Gasteiger partial charge in [-0.3, -0.25) is 4.40 Å². The largest absolute Gasteiger partial charge is 0.396 e. The molecule has 0 radical (unpaired) electrons. The molecule has 0 spiro atoms. The first kappa shape index (κ1) is 13.3. The molecule has 2 heterocycles. The van der Waals surface area contributed by atoms with E-state index in [0.29, 0.717) is 0 Å². The van der Waals surface area contributed by atoms with Crippen LogP contribution in [0.15, 0.2) is 42.0 Å². The number of benzene rings is 1. The highest BCUT2D eigenvalue weighted by Crippen LogP contribution is 2.17. The molecule has 4 heteroatoms. The van der Waals surface area contributed by atoms with Gasteiger partial charge in [-0.1, -0.05) is 29.8 Å². The summed E-state index contributed by atoms with van der Waals surface area (Å²) in [5, 5.41) is 11.6. The van der Waals surface area contributed by atoms with E-state index >= 15 is 0 Å². The Kier molecular flexibility index (Phi) is 3.85. The van der Waals surface area contributed by atoms with E-state index in [1.165, 1.54) is 11.1 Å². The second-order valence-electron chi connectivity index (χ2n) is 5.27. The Morgan fingerprint density at radius 2 is 2.05 bits per heavy atom. The van der Waals surface area contributed by atoms with Crippen LogP contribution in [0.25, 0.3) is 4.96 Å². The third-order valence-electron chi connectivity index (χ3n) is 3.54. The summed E-state index contributed by atoms with van der Waals surface area (Å²) in [4.78, 5) is 5.61. The van der Waals surface area contributed by atoms with Crippen molar-refractivity contribution >= 4 is 16.3 Å². The van der Waals surface area contributed by atoms with Crippen LogP contribution < -0.4 is 0 Å². The van der Waals surface area contributed by atoms with Crippen LogP contribution in [0.2, 0.25) is 0 Å². The maximum atomic E-state index is 9.60. The van der Waals surface area contributed by atoms with E-state index in [-0.39, 0.29) is 12.5 Å². The van der Waals surface area contributed by atoms with Crippen molar-refractivity contribution in [1.29, 1.82) is 0 Å². The molecule has 2 aromatic heterocycles. The molecule has 3 aromatic rings. The van der Waals surface area contributed by atoms with Gasteiger partial charge in [0.05, 0.1) is 5.69 Å². The fourth-order valence-electron chi connectivity index (χ4n) is 2.43. The summed E-state index contributed by atoms with van der Waals surface area (Å²) < 4.78 is 2.04. The first-order valence-corrected chi connectivity index (χ1v) is 7.70. The molecule has 1 aromatic carbocycles. The molecule has 0 fully saturated rings. The van der Waals surface area contributed by atoms with Crippen LogP contribution >= 0.6 is 11.3 Å². The summed E-state index contributed by atoms with van der Waals surface area (Å²) >= 11 is 1.64. The molecule has 0 aliphatic heterocycles. The Morgan fingerprint density at radius 3 is 2.75 bits per heavy atom. The summed E-state index contributed by atoms with van der Waals surface area (Å²) in [5.41, 5.74) is 3.60. The lowest BCUT2D eigenvalue weighted by Gasteiger charge is -2.12. The van der Waals surface area contributed by atoms with E-state index in [0.717, 1.165) is 23.5 Å². The van der Waals surface area contributed by atoms with Crippen molar-refractivity contribution in [2.45, 2.75) is 19.8 Å². The van der Waals surface area contributed by atoms with E-state index in [2.05, 4.69) is 42.4 Å². The summed E-state index contributed by atoms with van der Waals surface area (Å²) in [6.45, 7) is 2.28.